The first-order valence-corrected chi connectivity index (χ1v) is 12.1. The molecule has 2 aromatic carbocycles. The van der Waals surface area contributed by atoms with Gasteiger partial charge in [-0.1, -0.05) is 12.1 Å². The van der Waals surface area contributed by atoms with Crippen LogP contribution in [-0.2, 0) is 19.2 Å². The predicted octanol–water partition coefficient (Wildman–Crippen LogP) is 4.38. The molecule has 0 atom stereocenters. The van der Waals surface area contributed by atoms with Crippen molar-refractivity contribution in [2.75, 3.05) is 24.9 Å². The second-order valence-electron chi connectivity index (χ2n) is 8.97. The first kappa shape index (κ1) is 26.5. The Kier molecular flexibility index (Phi) is 7.80. The van der Waals surface area contributed by atoms with Gasteiger partial charge in [0, 0.05) is 22.3 Å². The van der Waals surface area contributed by atoms with Crippen LogP contribution in [0.25, 0.3) is 11.1 Å². The molecule has 0 saturated heterocycles. The normalized spacial score (nSPS) is 14.9. The summed E-state index contributed by atoms with van der Waals surface area (Å²) < 4.78 is 11.0. The van der Waals surface area contributed by atoms with Gasteiger partial charge in [-0.25, -0.2) is 9.59 Å². The van der Waals surface area contributed by atoms with E-state index in [1.807, 2.05) is 0 Å². The second-order valence-corrected chi connectivity index (χ2v) is 8.97. The summed E-state index contributed by atoms with van der Waals surface area (Å²) in [5.74, 6) is -2.31. The molecule has 0 spiro atoms. The molecule has 0 radical (unpaired) electrons. The van der Waals surface area contributed by atoms with Crippen LogP contribution in [0.15, 0.2) is 58.7 Å². The Hall–Kier alpha value is -4.60. The molecule has 2 aliphatic rings. The van der Waals surface area contributed by atoms with Gasteiger partial charge < -0.3 is 30.3 Å². The number of rotatable bonds is 9. The zero-order valence-corrected chi connectivity index (χ0v) is 21.1. The van der Waals surface area contributed by atoms with Crippen LogP contribution in [-0.4, -0.2) is 48.2 Å². The van der Waals surface area contributed by atoms with Crippen molar-refractivity contribution in [2.45, 2.75) is 38.5 Å². The van der Waals surface area contributed by atoms with Crippen molar-refractivity contribution in [2.24, 2.45) is 0 Å². The van der Waals surface area contributed by atoms with Gasteiger partial charge >= 0.3 is 11.9 Å². The van der Waals surface area contributed by atoms with Gasteiger partial charge in [-0.3, -0.25) is 9.59 Å². The number of anilines is 2. The van der Waals surface area contributed by atoms with Gasteiger partial charge in [-0.05, 0) is 73.9 Å². The predicted molar refractivity (Wildman–Crippen MR) is 139 cm³/mol. The van der Waals surface area contributed by atoms with Crippen LogP contribution in [0.5, 0.6) is 11.5 Å². The molecule has 2 aliphatic carbocycles. The third-order valence-electron chi connectivity index (χ3n) is 6.73. The number of benzene rings is 2. The fourth-order valence-electron chi connectivity index (χ4n) is 4.80. The minimum atomic E-state index is -1.08. The number of carboxylic acids is 2. The topological polar surface area (TPSA) is 151 Å². The molecule has 0 aliphatic heterocycles. The molecule has 10 nitrogen and oxygen atoms in total. The first-order valence-electron chi connectivity index (χ1n) is 12.1. The lowest BCUT2D eigenvalue weighted by atomic mass is 10.0. The average molecular weight is 521 g/mol. The fraction of sp³-hybridized carbons (Fsp3) is 0.286. The lowest BCUT2D eigenvalue weighted by Gasteiger charge is -2.15. The van der Waals surface area contributed by atoms with Gasteiger partial charge in [0.15, 0.2) is 0 Å². The highest BCUT2D eigenvalue weighted by molar-refractivity contribution is 6.10. The number of hydrogen-bond acceptors (Lipinski definition) is 6. The van der Waals surface area contributed by atoms with E-state index in [2.05, 4.69) is 10.6 Å². The molecule has 0 heterocycles. The van der Waals surface area contributed by atoms with E-state index in [9.17, 15) is 29.4 Å². The minimum absolute atomic E-state index is 0.140. The number of carboxylic acid groups (broad SMARTS) is 2. The minimum Gasteiger partial charge on any atom is -0.495 e. The summed E-state index contributed by atoms with van der Waals surface area (Å²) in [7, 11) is 2.93. The lowest BCUT2D eigenvalue weighted by Crippen LogP contribution is -2.17. The summed E-state index contributed by atoms with van der Waals surface area (Å²) in [5.41, 5.74) is 3.12. The fourth-order valence-corrected chi connectivity index (χ4v) is 4.80. The van der Waals surface area contributed by atoms with Gasteiger partial charge in [0.2, 0.25) is 0 Å². The Morgan fingerprint density at radius 3 is 1.34 bits per heavy atom. The van der Waals surface area contributed by atoms with Gasteiger partial charge in [0.05, 0.1) is 25.6 Å². The van der Waals surface area contributed by atoms with E-state index >= 15 is 0 Å². The highest BCUT2D eigenvalue weighted by Crippen LogP contribution is 2.36. The molecule has 0 aromatic heterocycles. The van der Waals surface area contributed by atoms with Gasteiger partial charge in [0.25, 0.3) is 11.8 Å². The Morgan fingerprint density at radius 1 is 0.632 bits per heavy atom. The molecule has 38 heavy (non-hydrogen) atoms. The molecule has 2 amide bonds. The highest BCUT2D eigenvalue weighted by atomic mass is 16.5. The quantitative estimate of drug-likeness (QED) is 0.380. The van der Waals surface area contributed by atoms with Crippen LogP contribution in [0, 0.1) is 0 Å². The summed E-state index contributed by atoms with van der Waals surface area (Å²) in [6.45, 7) is 0. The number of amides is 2. The van der Waals surface area contributed by atoms with Crippen molar-refractivity contribution in [1.82, 2.24) is 0 Å². The smallest absolute Gasteiger partial charge is 0.332 e. The maximum atomic E-state index is 12.7. The van der Waals surface area contributed by atoms with Crippen molar-refractivity contribution < 1.29 is 38.9 Å². The van der Waals surface area contributed by atoms with Gasteiger partial charge in [0.1, 0.15) is 11.5 Å². The monoisotopic (exact) mass is 520 g/mol. The van der Waals surface area contributed by atoms with Crippen molar-refractivity contribution in [1.29, 1.82) is 0 Å². The van der Waals surface area contributed by atoms with Crippen molar-refractivity contribution in [3.05, 3.63) is 58.7 Å². The Balaban J connectivity index is 1.56. The molecule has 4 rings (SSSR count). The summed E-state index contributed by atoms with van der Waals surface area (Å²) in [6, 6.07) is 10.3. The Bertz CT molecular complexity index is 1280. The van der Waals surface area contributed by atoms with Crippen LogP contribution in [0.2, 0.25) is 0 Å². The van der Waals surface area contributed by atoms with Crippen LogP contribution in [0.4, 0.5) is 11.4 Å². The summed E-state index contributed by atoms with van der Waals surface area (Å²) in [5, 5.41) is 24.2. The van der Waals surface area contributed by atoms with E-state index < -0.39 is 23.8 Å². The summed E-state index contributed by atoms with van der Waals surface area (Å²) in [4.78, 5) is 48.3. The maximum Gasteiger partial charge on any atom is 0.332 e. The molecule has 0 bridgehead atoms. The standard InChI is InChI=1S/C28H28N2O8/c1-37-23-13-15(9-11-21(23)29-25(31)17-5-3-7-19(17)27(33)34)16-10-12-22(24(14-16)38-2)30-26(32)18-6-4-8-20(18)28(35)36/h9-14H,3-8H2,1-2H3,(H,29,31)(H,30,32)(H,33,34)(H,35,36). The van der Waals surface area contributed by atoms with Gasteiger partial charge in [-0.2, -0.15) is 0 Å². The second kappa shape index (κ2) is 11.2. The number of methoxy groups -OCH3 is 2. The van der Waals surface area contributed by atoms with Crippen molar-refractivity contribution in [3.63, 3.8) is 0 Å². The number of carbonyl (C=O) groups excluding carboxylic acids is 2. The van der Waals surface area contributed by atoms with Gasteiger partial charge in [-0.15, -0.1) is 0 Å². The Morgan fingerprint density at radius 2 is 1.00 bits per heavy atom. The van der Waals surface area contributed by atoms with E-state index in [1.54, 1.807) is 36.4 Å². The number of nitrogens with one attached hydrogen (secondary N) is 2. The van der Waals surface area contributed by atoms with E-state index in [1.165, 1.54) is 14.2 Å². The molecule has 10 heteroatoms. The Labute approximate surface area is 218 Å². The lowest BCUT2D eigenvalue weighted by molar-refractivity contribution is -0.133. The zero-order chi connectivity index (χ0) is 27.4. The SMILES string of the molecule is COc1cc(-c2ccc(NC(=O)C3=C(C(=O)O)CCC3)c(OC)c2)ccc1NC(=O)C1=C(C(=O)O)CCC1. The largest absolute Gasteiger partial charge is 0.495 e. The van der Waals surface area contributed by atoms with Crippen LogP contribution >= 0.6 is 0 Å². The van der Waals surface area contributed by atoms with E-state index in [0.29, 0.717) is 61.4 Å². The molecule has 4 N–H and O–H groups in total. The average Bonchev–Trinajstić information content (AvgIpc) is 3.60. The summed E-state index contributed by atoms with van der Waals surface area (Å²) >= 11 is 0. The molecule has 0 unspecified atom stereocenters. The van der Waals surface area contributed by atoms with E-state index in [0.717, 1.165) is 11.1 Å². The van der Waals surface area contributed by atoms with Crippen molar-refractivity contribution in [3.8, 4) is 22.6 Å². The van der Waals surface area contributed by atoms with E-state index in [-0.39, 0.29) is 22.3 Å². The highest BCUT2D eigenvalue weighted by Gasteiger charge is 2.27. The number of carbonyl (C=O) groups is 4. The summed E-state index contributed by atoms with van der Waals surface area (Å²) in [6.07, 6.45) is 2.79. The van der Waals surface area contributed by atoms with Crippen LogP contribution in [0.1, 0.15) is 38.5 Å². The maximum absolute atomic E-state index is 12.7. The first-order chi connectivity index (χ1) is 18.2. The van der Waals surface area contributed by atoms with Crippen LogP contribution in [0.3, 0.4) is 0 Å². The molecular formula is C28H28N2O8. The zero-order valence-electron chi connectivity index (χ0n) is 21.1. The third kappa shape index (κ3) is 5.39. The third-order valence-corrected chi connectivity index (χ3v) is 6.73. The molecule has 2 aromatic rings. The number of ether oxygens (including phenoxy) is 2. The van der Waals surface area contributed by atoms with Crippen LogP contribution < -0.4 is 20.1 Å². The molecule has 198 valence electrons. The molecule has 0 saturated carbocycles. The number of aliphatic carboxylic acids is 2. The van der Waals surface area contributed by atoms with E-state index in [4.69, 9.17) is 9.47 Å². The number of hydrogen-bond donors (Lipinski definition) is 4. The molecular weight excluding hydrogens is 492 g/mol. The molecule has 0 fully saturated rings. The van der Waals surface area contributed by atoms with Crippen molar-refractivity contribution >= 4 is 35.1 Å².